The highest BCUT2D eigenvalue weighted by Crippen LogP contribution is 2.31. The Morgan fingerprint density at radius 1 is 1.11 bits per heavy atom. The molecule has 0 bridgehead atoms. The van der Waals surface area contributed by atoms with Crippen molar-refractivity contribution in [3.05, 3.63) is 64.1 Å². The van der Waals surface area contributed by atoms with Gasteiger partial charge in [0.05, 0.1) is 18.1 Å². The van der Waals surface area contributed by atoms with Gasteiger partial charge in [-0.25, -0.2) is 0 Å². The molecule has 0 aliphatic carbocycles. The Morgan fingerprint density at radius 2 is 1.89 bits per heavy atom. The molecule has 1 fully saturated rings. The molecule has 1 aliphatic rings. The fraction of sp³-hybridized carbons (Fsp3) is 0.273. The maximum Gasteiger partial charge on any atom is 0.265 e. The molecule has 2 aromatic carbocycles. The van der Waals surface area contributed by atoms with Gasteiger partial charge in [0.2, 0.25) is 0 Å². The number of thioether (sulfide) groups is 1. The van der Waals surface area contributed by atoms with Crippen LogP contribution >= 0.6 is 24.0 Å². The molecule has 4 nitrogen and oxygen atoms in total. The SMILES string of the molecule is Cc1ccc(C)c(OCCCOc2cccc(/C=C3\SC(=S)N(C)C3=O)c2)c1. The van der Waals surface area contributed by atoms with Crippen molar-refractivity contribution in [1.29, 1.82) is 0 Å². The topological polar surface area (TPSA) is 38.8 Å². The summed E-state index contributed by atoms with van der Waals surface area (Å²) in [5.41, 5.74) is 3.24. The van der Waals surface area contributed by atoms with E-state index in [4.69, 9.17) is 21.7 Å². The molecule has 28 heavy (non-hydrogen) atoms. The molecule has 0 aromatic heterocycles. The summed E-state index contributed by atoms with van der Waals surface area (Å²) in [6, 6.07) is 13.9. The first-order valence-electron chi connectivity index (χ1n) is 9.08. The number of likely N-dealkylation sites (N-methyl/N-ethyl adjacent to an activating group) is 1. The lowest BCUT2D eigenvalue weighted by molar-refractivity contribution is -0.121. The van der Waals surface area contributed by atoms with Gasteiger partial charge in [0, 0.05) is 13.5 Å². The van der Waals surface area contributed by atoms with Crippen LogP contribution in [0.5, 0.6) is 11.5 Å². The molecule has 3 rings (SSSR count). The van der Waals surface area contributed by atoms with Crippen LogP contribution in [0, 0.1) is 13.8 Å². The number of nitrogens with zero attached hydrogens (tertiary/aromatic N) is 1. The van der Waals surface area contributed by atoms with Crippen LogP contribution in [-0.4, -0.2) is 35.4 Å². The molecule has 6 heteroatoms. The van der Waals surface area contributed by atoms with Gasteiger partial charge in [0.1, 0.15) is 15.8 Å². The van der Waals surface area contributed by atoms with Crippen molar-refractivity contribution in [2.75, 3.05) is 20.3 Å². The standard InChI is InChI=1S/C22H23NO3S2/c1-15-8-9-16(2)19(12-15)26-11-5-10-25-18-7-4-6-17(13-18)14-20-21(24)23(3)22(27)28-20/h4,6-9,12-14H,5,10-11H2,1-3H3/b20-14-. The number of carbonyl (C=O) groups excluding carboxylic acids is 1. The third kappa shape index (κ3) is 5.14. The fourth-order valence-corrected chi connectivity index (χ4v) is 3.86. The van der Waals surface area contributed by atoms with Gasteiger partial charge in [-0.15, -0.1) is 0 Å². The Balaban J connectivity index is 1.51. The van der Waals surface area contributed by atoms with Crippen LogP contribution < -0.4 is 9.47 Å². The minimum absolute atomic E-state index is 0.0649. The van der Waals surface area contributed by atoms with E-state index >= 15 is 0 Å². The number of benzene rings is 2. The lowest BCUT2D eigenvalue weighted by Crippen LogP contribution is -2.22. The van der Waals surface area contributed by atoms with E-state index < -0.39 is 0 Å². The maximum absolute atomic E-state index is 12.1. The van der Waals surface area contributed by atoms with E-state index in [2.05, 4.69) is 25.1 Å². The molecule has 1 heterocycles. The van der Waals surface area contributed by atoms with Gasteiger partial charge in [-0.1, -0.05) is 48.2 Å². The average Bonchev–Trinajstić information content (AvgIpc) is 2.91. The number of rotatable bonds is 7. The van der Waals surface area contributed by atoms with Gasteiger partial charge in [-0.05, 0) is 54.8 Å². The lowest BCUT2D eigenvalue weighted by atomic mass is 10.1. The second kappa shape index (κ2) is 9.26. The van der Waals surface area contributed by atoms with E-state index in [-0.39, 0.29) is 5.91 Å². The number of hydrogen-bond donors (Lipinski definition) is 0. The molecule has 0 radical (unpaired) electrons. The molecule has 0 saturated carbocycles. The first kappa shape index (κ1) is 20.4. The van der Waals surface area contributed by atoms with Gasteiger partial charge in [-0.3, -0.25) is 9.69 Å². The van der Waals surface area contributed by atoms with E-state index in [1.54, 1.807) is 7.05 Å². The zero-order valence-corrected chi connectivity index (χ0v) is 17.9. The van der Waals surface area contributed by atoms with E-state index in [9.17, 15) is 4.79 Å². The number of amides is 1. The normalized spacial score (nSPS) is 15.4. The summed E-state index contributed by atoms with van der Waals surface area (Å²) in [7, 11) is 1.69. The van der Waals surface area contributed by atoms with Crippen LogP contribution in [0.25, 0.3) is 6.08 Å². The summed E-state index contributed by atoms with van der Waals surface area (Å²) in [5, 5.41) is 0. The Kier molecular flexibility index (Phi) is 6.75. The minimum Gasteiger partial charge on any atom is -0.493 e. The van der Waals surface area contributed by atoms with Gasteiger partial charge in [0.15, 0.2) is 0 Å². The van der Waals surface area contributed by atoms with Crippen molar-refractivity contribution in [2.24, 2.45) is 0 Å². The summed E-state index contributed by atoms with van der Waals surface area (Å²) < 4.78 is 12.3. The van der Waals surface area contributed by atoms with Crippen LogP contribution in [0.15, 0.2) is 47.4 Å². The van der Waals surface area contributed by atoms with Gasteiger partial charge < -0.3 is 9.47 Å². The summed E-state index contributed by atoms with van der Waals surface area (Å²) >= 11 is 6.48. The first-order valence-corrected chi connectivity index (χ1v) is 10.3. The summed E-state index contributed by atoms with van der Waals surface area (Å²) in [5.74, 6) is 1.63. The lowest BCUT2D eigenvalue weighted by Gasteiger charge is -2.11. The Hall–Kier alpha value is -2.31. The number of hydrogen-bond acceptors (Lipinski definition) is 5. The average molecular weight is 414 g/mol. The van der Waals surface area contributed by atoms with Crippen molar-refractivity contribution >= 4 is 40.3 Å². The van der Waals surface area contributed by atoms with Crippen molar-refractivity contribution in [3.63, 3.8) is 0 Å². The molecule has 2 aromatic rings. The van der Waals surface area contributed by atoms with E-state index in [0.29, 0.717) is 22.4 Å². The second-order valence-corrected chi connectivity index (χ2v) is 8.31. The van der Waals surface area contributed by atoms with Crippen LogP contribution in [0.4, 0.5) is 0 Å². The smallest absolute Gasteiger partial charge is 0.265 e. The van der Waals surface area contributed by atoms with Crippen LogP contribution in [0.1, 0.15) is 23.1 Å². The van der Waals surface area contributed by atoms with Crippen LogP contribution in [0.2, 0.25) is 0 Å². The predicted octanol–water partition coefficient (Wildman–Crippen LogP) is 4.98. The van der Waals surface area contributed by atoms with Gasteiger partial charge in [0.25, 0.3) is 5.91 Å². The Labute approximate surface area is 175 Å². The molecular formula is C22H23NO3S2. The van der Waals surface area contributed by atoms with Crippen molar-refractivity contribution < 1.29 is 14.3 Å². The summed E-state index contributed by atoms with van der Waals surface area (Å²) in [6.07, 6.45) is 2.63. The third-order valence-electron chi connectivity index (χ3n) is 4.30. The Bertz CT molecular complexity index is 924. The maximum atomic E-state index is 12.1. The van der Waals surface area contributed by atoms with E-state index in [1.165, 1.54) is 22.2 Å². The zero-order valence-electron chi connectivity index (χ0n) is 16.2. The van der Waals surface area contributed by atoms with Crippen molar-refractivity contribution in [1.82, 2.24) is 4.90 Å². The zero-order chi connectivity index (χ0) is 20.1. The molecule has 0 spiro atoms. The van der Waals surface area contributed by atoms with E-state index in [0.717, 1.165) is 29.0 Å². The van der Waals surface area contributed by atoms with E-state index in [1.807, 2.05) is 37.3 Å². The number of aryl methyl sites for hydroxylation is 2. The molecule has 1 amide bonds. The fourth-order valence-electron chi connectivity index (χ4n) is 2.68. The van der Waals surface area contributed by atoms with Crippen LogP contribution in [0.3, 0.4) is 0 Å². The molecule has 1 aliphatic heterocycles. The monoisotopic (exact) mass is 413 g/mol. The minimum atomic E-state index is -0.0649. The predicted molar refractivity (Wildman–Crippen MR) is 119 cm³/mol. The highest BCUT2D eigenvalue weighted by molar-refractivity contribution is 8.26. The number of thiocarbonyl (C=S) groups is 1. The molecule has 0 unspecified atom stereocenters. The summed E-state index contributed by atoms with van der Waals surface area (Å²) in [4.78, 5) is 14.2. The Morgan fingerprint density at radius 3 is 2.64 bits per heavy atom. The molecule has 1 saturated heterocycles. The van der Waals surface area contributed by atoms with Crippen LogP contribution in [-0.2, 0) is 4.79 Å². The van der Waals surface area contributed by atoms with Crippen molar-refractivity contribution in [2.45, 2.75) is 20.3 Å². The molecular weight excluding hydrogens is 390 g/mol. The van der Waals surface area contributed by atoms with Crippen molar-refractivity contribution in [3.8, 4) is 11.5 Å². The molecule has 146 valence electrons. The molecule has 0 atom stereocenters. The quantitative estimate of drug-likeness (QED) is 0.364. The van der Waals surface area contributed by atoms with Gasteiger partial charge in [-0.2, -0.15) is 0 Å². The number of carbonyl (C=O) groups is 1. The summed E-state index contributed by atoms with van der Waals surface area (Å²) in [6.45, 7) is 5.26. The highest BCUT2D eigenvalue weighted by Gasteiger charge is 2.28. The largest absolute Gasteiger partial charge is 0.493 e. The first-order chi connectivity index (χ1) is 13.4. The second-order valence-electron chi connectivity index (χ2n) is 6.63. The number of ether oxygens (including phenoxy) is 2. The highest BCUT2D eigenvalue weighted by atomic mass is 32.2. The van der Waals surface area contributed by atoms with Gasteiger partial charge >= 0.3 is 0 Å². The molecule has 0 N–H and O–H groups in total. The third-order valence-corrected chi connectivity index (χ3v) is 5.79.